The Labute approximate surface area is 250 Å². The van der Waals surface area contributed by atoms with Gasteiger partial charge in [-0.3, -0.25) is 4.57 Å². The van der Waals surface area contributed by atoms with Gasteiger partial charge in [0, 0.05) is 30.5 Å². The van der Waals surface area contributed by atoms with E-state index in [4.69, 9.17) is 29.2 Å². The molecule has 12 heteroatoms. The third-order valence-corrected chi connectivity index (χ3v) is 8.48. The van der Waals surface area contributed by atoms with Crippen molar-refractivity contribution in [2.75, 3.05) is 44.9 Å². The molecule has 0 aliphatic carbocycles. The first-order valence-corrected chi connectivity index (χ1v) is 14.9. The summed E-state index contributed by atoms with van der Waals surface area (Å²) in [6, 6.07) is 7.43. The second-order valence-corrected chi connectivity index (χ2v) is 12.6. The number of benzene rings is 1. The highest BCUT2D eigenvalue weighted by molar-refractivity contribution is 6.00. The summed E-state index contributed by atoms with van der Waals surface area (Å²) >= 11 is 0. The van der Waals surface area contributed by atoms with Gasteiger partial charge in [0.05, 0.1) is 37.9 Å². The first-order chi connectivity index (χ1) is 20.6. The lowest BCUT2D eigenvalue weighted by Crippen LogP contribution is -2.44. The van der Waals surface area contributed by atoms with Crippen LogP contribution in [0.15, 0.2) is 30.6 Å². The van der Waals surface area contributed by atoms with Crippen molar-refractivity contribution in [3.63, 3.8) is 0 Å². The number of methoxy groups -OCH3 is 1. The number of carbonyl (C=O) groups excluding carboxylic acids is 1. The number of hydrogen-bond acceptors (Lipinski definition) is 10. The number of anilines is 1. The Morgan fingerprint density at radius 3 is 2.53 bits per heavy atom. The van der Waals surface area contributed by atoms with Gasteiger partial charge in [-0.15, -0.1) is 0 Å². The Balaban J connectivity index is 1.54. The fourth-order valence-electron chi connectivity index (χ4n) is 5.93. The lowest BCUT2D eigenvalue weighted by atomic mass is 9.80. The van der Waals surface area contributed by atoms with Gasteiger partial charge < -0.3 is 29.3 Å². The lowest BCUT2D eigenvalue weighted by molar-refractivity contribution is -0.0298. The van der Waals surface area contributed by atoms with Crippen molar-refractivity contribution in [2.45, 2.75) is 64.7 Å². The maximum absolute atomic E-state index is 13.8. The Bertz CT molecular complexity index is 1620. The smallest absolute Gasteiger partial charge is 0.419 e. The number of imidazole rings is 1. The minimum Gasteiger partial charge on any atom is -0.497 e. The molecule has 43 heavy (non-hydrogen) atoms. The molecule has 2 aliphatic rings. The van der Waals surface area contributed by atoms with E-state index in [0.717, 1.165) is 24.6 Å². The van der Waals surface area contributed by atoms with Gasteiger partial charge in [-0.25, -0.2) is 19.3 Å². The molecular formula is C31H40N6O6. The van der Waals surface area contributed by atoms with Gasteiger partial charge in [0.15, 0.2) is 5.65 Å². The summed E-state index contributed by atoms with van der Waals surface area (Å²) in [5.41, 5.74) is 1.60. The molecule has 0 amide bonds. The molecule has 2 fully saturated rings. The van der Waals surface area contributed by atoms with E-state index in [1.165, 1.54) is 0 Å². The van der Waals surface area contributed by atoms with Crippen molar-refractivity contribution >= 4 is 34.1 Å². The monoisotopic (exact) mass is 592 g/mol. The maximum Gasteiger partial charge on any atom is 0.419 e. The molecule has 2 N–H and O–H groups in total. The van der Waals surface area contributed by atoms with Gasteiger partial charge in [-0.2, -0.15) is 4.98 Å². The Kier molecular flexibility index (Phi) is 7.78. The highest BCUT2D eigenvalue weighted by atomic mass is 16.6. The highest BCUT2D eigenvalue weighted by Gasteiger charge is 2.35. The topological polar surface area (TPSA) is 137 Å². The molecule has 12 nitrogen and oxygen atoms in total. The Morgan fingerprint density at radius 2 is 1.88 bits per heavy atom. The van der Waals surface area contributed by atoms with Crippen molar-refractivity contribution < 1.29 is 29.2 Å². The van der Waals surface area contributed by atoms with E-state index in [2.05, 4.69) is 4.90 Å². The van der Waals surface area contributed by atoms with E-state index in [-0.39, 0.29) is 19.4 Å². The Hall–Kier alpha value is -3.74. The van der Waals surface area contributed by atoms with Crippen LogP contribution in [0, 0.1) is 5.41 Å². The molecule has 6 rings (SSSR count). The number of nitrogens with zero attached hydrogens (tertiary/aromatic N) is 6. The van der Waals surface area contributed by atoms with Crippen molar-refractivity contribution in [1.29, 1.82) is 0 Å². The predicted molar refractivity (Wildman–Crippen MR) is 161 cm³/mol. The summed E-state index contributed by atoms with van der Waals surface area (Å²) in [6.45, 7) is 7.14. The third kappa shape index (κ3) is 5.54. The van der Waals surface area contributed by atoms with E-state index in [1.54, 1.807) is 18.0 Å². The average Bonchev–Trinajstić information content (AvgIpc) is 3.62. The van der Waals surface area contributed by atoms with E-state index in [9.17, 15) is 15.0 Å². The molecule has 0 radical (unpaired) electrons. The normalized spacial score (nSPS) is 19.2. The van der Waals surface area contributed by atoms with Crippen LogP contribution in [-0.4, -0.2) is 86.0 Å². The number of ether oxygens (including phenoxy) is 3. The van der Waals surface area contributed by atoms with E-state index in [1.807, 2.05) is 49.6 Å². The summed E-state index contributed by atoms with van der Waals surface area (Å²) in [4.78, 5) is 30.6. The first-order valence-electron chi connectivity index (χ1n) is 14.9. The minimum atomic E-state index is -0.719. The summed E-state index contributed by atoms with van der Waals surface area (Å²) in [7, 11) is 1.61. The molecule has 0 saturated carbocycles. The molecule has 2 aliphatic heterocycles. The third-order valence-electron chi connectivity index (χ3n) is 8.48. The quantitative estimate of drug-likeness (QED) is 0.329. The molecule has 2 saturated heterocycles. The molecule has 0 spiro atoms. The zero-order chi connectivity index (χ0) is 30.4. The van der Waals surface area contributed by atoms with E-state index >= 15 is 0 Å². The van der Waals surface area contributed by atoms with E-state index < -0.39 is 17.1 Å². The number of aliphatic hydroxyl groups is 2. The van der Waals surface area contributed by atoms with Crippen molar-refractivity contribution in [1.82, 2.24) is 24.1 Å². The largest absolute Gasteiger partial charge is 0.497 e. The molecule has 1 atom stereocenters. The first kappa shape index (κ1) is 29.3. The number of aromatic nitrogens is 5. The molecule has 5 heterocycles. The van der Waals surface area contributed by atoms with Crippen LogP contribution in [0.5, 0.6) is 5.75 Å². The van der Waals surface area contributed by atoms with Crippen molar-refractivity contribution in [3.05, 3.63) is 30.6 Å². The number of hydrogen-bond donors (Lipinski definition) is 2. The molecule has 1 unspecified atom stereocenters. The molecule has 1 aromatic carbocycles. The minimum absolute atomic E-state index is 0.0757. The molecule has 0 bridgehead atoms. The van der Waals surface area contributed by atoms with Crippen LogP contribution in [0.2, 0.25) is 0 Å². The Morgan fingerprint density at radius 1 is 1.12 bits per heavy atom. The standard InChI is InChI=1S/C31H40N6O6/c1-30(2,3)43-29(40)37-22-9-8-21(41-4)15-20(22)16-23(37)25-26-27(36(19-32-26)24-7-5-6-14-42-24)34-28(33-25)35-12-10-31(17-38,18-39)11-13-35/h8-9,15-16,19,24,38-39H,5-7,10-14,17-18H2,1-4H3. The summed E-state index contributed by atoms with van der Waals surface area (Å²) in [5.74, 6) is 1.15. The van der Waals surface area contributed by atoms with Gasteiger partial charge >= 0.3 is 6.09 Å². The van der Waals surface area contributed by atoms with Gasteiger partial charge in [-0.1, -0.05) is 0 Å². The van der Waals surface area contributed by atoms with Gasteiger partial charge in [0.25, 0.3) is 0 Å². The zero-order valence-electron chi connectivity index (χ0n) is 25.2. The number of aliphatic hydroxyl groups excluding tert-OH is 2. The van der Waals surface area contributed by atoms with Crippen LogP contribution in [0.4, 0.5) is 10.7 Å². The molecule has 4 aromatic rings. The summed E-state index contributed by atoms with van der Waals surface area (Å²) in [5, 5.41) is 20.7. The van der Waals surface area contributed by atoms with Crippen LogP contribution in [0.25, 0.3) is 33.5 Å². The van der Waals surface area contributed by atoms with E-state index in [0.29, 0.717) is 72.3 Å². The average molecular weight is 593 g/mol. The lowest BCUT2D eigenvalue weighted by Gasteiger charge is -2.39. The SMILES string of the molecule is COc1ccc2c(c1)cc(-c1nc(N3CCC(CO)(CO)CC3)nc3c1ncn3C1CCCCO1)n2C(=O)OC(C)(C)C. The molecular weight excluding hydrogens is 552 g/mol. The number of rotatable bonds is 6. The van der Waals surface area contributed by atoms with Crippen LogP contribution in [0.3, 0.4) is 0 Å². The maximum atomic E-state index is 13.8. The van der Waals surface area contributed by atoms with Gasteiger partial charge in [0.1, 0.15) is 28.8 Å². The van der Waals surface area contributed by atoms with Crippen LogP contribution in [-0.2, 0) is 9.47 Å². The zero-order valence-corrected chi connectivity index (χ0v) is 25.2. The molecule has 3 aromatic heterocycles. The van der Waals surface area contributed by atoms with Crippen LogP contribution in [0.1, 0.15) is 59.1 Å². The number of piperidine rings is 1. The van der Waals surface area contributed by atoms with Crippen molar-refractivity contribution in [2.24, 2.45) is 5.41 Å². The van der Waals surface area contributed by atoms with Crippen molar-refractivity contribution in [3.8, 4) is 17.1 Å². The van der Waals surface area contributed by atoms with Gasteiger partial charge in [0.2, 0.25) is 5.95 Å². The summed E-state index contributed by atoms with van der Waals surface area (Å²) < 4.78 is 20.9. The molecule has 230 valence electrons. The predicted octanol–water partition coefficient (Wildman–Crippen LogP) is 4.51. The summed E-state index contributed by atoms with van der Waals surface area (Å²) in [6.07, 6.45) is 5.11. The second-order valence-electron chi connectivity index (χ2n) is 12.6. The fraction of sp³-hybridized carbons (Fsp3) is 0.548. The van der Waals surface area contributed by atoms with Crippen LogP contribution < -0.4 is 9.64 Å². The van der Waals surface area contributed by atoms with Crippen LogP contribution >= 0.6 is 0 Å². The highest BCUT2D eigenvalue weighted by Crippen LogP contribution is 2.37. The fourth-order valence-corrected chi connectivity index (χ4v) is 5.93. The van der Waals surface area contributed by atoms with Gasteiger partial charge in [-0.05, 0) is 77.1 Å². The number of fused-ring (bicyclic) bond motifs is 2. The second kappa shape index (κ2) is 11.4. The number of carbonyl (C=O) groups is 1.